The van der Waals surface area contributed by atoms with Gasteiger partial charge in [0.2, 0.25) is 0 Å². The van der Waals surface area contributed by atoms with Crippen molar-refractivity contribution in [2.24, 2.45) is 0 Å². The SMILES string of the molecule is N=c1c(C(=O)Nc2nccs2)cc2c(=O)n3ccccc3nc2n1Cc1ccncc1. The predicted octanol–water partition coefficient (Wildman–Crippen LogP) is 2.28. The summed E-state index contributed by atoms with van der Waals surface area (Å²) in [6.45, 7) is 0.256. The van der Waals surface area contributed by atoms with Crippen molar-refractivity contribution in [1.82, 2.24) is 23.9 Å². The zero-order chi connectivity index (χ0) is 21.4. The maximum absolute atomic E-state index is 13.2. The van der Waals surface area contributed by atoms with Crippen LogP contribution in [0.4, 0.5) is 5.13 Å². The van der Waals surface area contributed by atoms with E-state index >= 15 is 0 Å². The van der Waals surface area contributed by atoms with Crippen molar-refractivity contribution in [3.05, 3.63) is 93.5 Å². The number of thiazole rings is 1. The minimum atomic E-state index is -0.511. The standard InChI is InChI=1S/C21H15N7O2S/c22-17-14(19(29)26-21-24-8-10-31-21)11-15-18(28(17)12-13-4-6-23-7-5-13)25-16-3-1-2-9-27(16)20(15)30/h1-11,22H,12H2,(H,24,26,29). The summed E-state index contributed by atoms with van der Waals surface area (Å²) in [4.78, 5) is 38.8. The fraction of sp³-hybridized carbons (Fsp3) is 0.0476. The molecule has 0 fully saturated rings. The van der Waals surface area contributed by atoms with Crippen molar-refractivity contribution in [1.29, 1.82) is 5.41 Å². The van der Waals surface area contributed by atoms with Crippen molar-refractivity contribution in [3.63, 3.8) is 0 Å². The first-order valence-corrected chi connectivity index (χ1v) is 10.2. The molecule has 5 aromatic rings. The van der Waals surface area contributed by atoms with Gasteiger partial charge in [0.15, 0.2) is 5.13 Å². The Labute approximate surface area is 178 Å². The number of anilines is 1. The first-order valence-electron chi connectivity index (χ1n) is 9.31. The first-order chi connectivity index (χ1) is 15.1. The summed E-state index contributed by atoms with van der Waals surface area (Å²) in [5.41, 5.74) is 1.36. The van der Waals surface area contributed by atoms with E-state index in [2.05, 4.69) is 20.3 Å². The van der Waals surface area contributed by atoms with Gasteiger partial charge in [0.1, 0.15) is 16.8 Å². The predicted molar refractivity (Wildman–Crippen MR) is 116 cm³/mol. The maximum atomic E-state index is 13.2. The molecule has 5 aromatic heterocycles. The number of hydrogen-bond acceptors (Lipinski definition) is 7. The Bertz CT molecular complexity index is 1540. The van der Waals surface area contributed by atoms with Crippen LogP contribution >= 0.6 is 11.3 Å². The molecule has 0 unspecified atom stereocenters. The first kappa shape index (κ1) is 18.8. The molecule has 0 aliphatic heterocycles. The Hall–Kier alpha value is -4.18. The molecule has 0 aliphatic rings. The largest absolute Gasteiger partial charge is 0.306 e. The van der Waals surface area contributed by atoms with Gasteiger partial charge in [-0.2, -0.15) is 0 Å². The van der Waals surface area contributed by atoms with Crippen LogP contribution in [0.25, 0.3) is 16.7 Å². The maximum Gasteiger partial charge on any atom is 0.267 e. The summed E-state index contributed by atoms with van der Waals surface area (Å²) in [6, 6.07) is 10.3. The fourth-order valence-corrected chi connectivity index (χ4v) is 3.86. The van der Waals surface area contributed by atoms with E-state index in [1.165, 1.54) is 21.8 Å². The van der Waals surface area contributed by atoms with Crippen molar-refractivity contribution >= 4 is 39.1 Å². The molecule has 0 bridgehead atoms. The third-order valence-electron chi connectivity index (χ3n) is 4.81. The number of hydrogen-bond donors (Lipinski definition) is 2. The molecule has 0 aromatic carbocycles. The van der Waals surface area contributed by atoms with Crippen LogP contribution in [0.15, 0.2) is 71.4 Å². The third-order valence-corrected chi connectivity index (χ3v) is 5.49. The molecule has 2 N–H and O–H groups in total. The second kappa shape index (κ2) is 7.58. The minimum absolute atomic E-state index is 0.0504. The van der Waals surface area contributed by atoms with Crippen LogP contribution < -0.4 is 16.4 Å². The molecule has 1 amide bonds. The number of aromatic nitrogens is 5. The van der Waals surface area contributed by atoms with Crippen molar-refractivity contribution in [3.8, 4) is 0 Å². The summed E-state index contributed by atoms with van der Waals surface area (Å²) in [6.07, 6.45) is 6.51. The average Bonchev–Trinajstić information content (AvgIpc) is 3.30. The van der Waals surface area contributed by atoms with Crippen LogP contribution in [0.1, 0.15) is 15.9 Å². The fourth-order valence-electron chi connectivity index (χ4n) is 3.33. The molecule has 0 atom stereocenters. The van der Waals surface area contributed by atoms with E-state index in [0.29, 0.717) is 16.4 Å². The highest BCUT2D eigenvalue weighted by Gasteiger charge is 2.18. The Balaban J connectivity index is 1.78. The van der Waals surface area contributed by atoms with Gasteiger partial charge >= 0.3 is 0 Å². The molecule has 5 rings (SSSR count). The van der Waals surface area contributed by atoms with E-state index in [4.69, 9.17) is 5.41 Å². The number of rotatable bonds is 4. The molecule has 0 spiro atoms. The lowest BCUT2D eigenvalue weighted by Crippen LogP contribution is -2.32. The highest BCUT2D eigenvalue weighted by atomic mass is 32.1. The molecule has 0 saturated carbocycles. The number of pyridine rings is 3. The number of nitrogens with zero attached hydrogens (tertiary/aromatic N) is 5. The van der Waals surface area contributed by atoms with Gasteiger partial charge in [-0.1, -0.05) is 6.07 Å². The van der Waals surface area contributed by atoms with Crippen LogP contribution in [0.5, 0.6) is 0 Å². The third kappa shape index (κ3) is 3.38. The van der Waals surface area contributed by atoms with E-state index in [1.807, 2.05) is 12.1 Å². The minimum Gasteiger partial charge on any atom is -0.306 e. The quantitative estimate of drug-likeness (QED) is 0.425. The average molecular weight is 429 g/mol. The molecular weight excluding hydrogens is 414 g/mol. The molecule has 10 heteroatoms. The van der Waals surface area contributed by atoms with Gasteiger partial charge in [0, 0.05) is 30.2 Å². The molecule has 152 valence electrons. The van der Waals surface area contributed by atoms with Crippen LogP contribution in [0.3, 0.4) is 0 Å². The topological polar surface area (TPSA) is 118 Å². The molecule has 9 nitrogen and oxygen atoms in total. The molecular formula is C21H15N7O2S. The summed E-state index contributed by atoms with van der Waals surface area (Å²) < 4.78 is 2.99. The van der Waals surface area contributed by atoms with E-state index in [9.17, 15) is 9.59 Å². The van der Waals surface area contributed by atoms with Gasteiger partial charge in [0.05, 0.1) is 17.5 Å². The number of amides is 1. The van der Waals surface area contributed by atoms with E-state index in [1.54, 1.807) is 52.9 Å². The van der Waals surface area contributed by atoms with Gasteiger partial charge in [-0.25, -0.2) is 9.97 Å². The summed E-state index contributed by atoms with van der Waals surface area (Å²) in [5, 5.41) is 13.8. The molecule has 5 heterocycles. The number of fused-ring (bicyclic) bond motifs is 2. The highest BCUT2D eigenvalue weighted by molar-refractivity contribution is 7.13. The van der Waals surface area contributed by atoms with Gasteiger partial charge in [-0.15, -0.1) is 11.3 Å². The number of nitrogens with one attached hydrogen (secondary N) is 2. The lowest BCUT2D eigenvalue weighted by atomic mass is 10.1. The van der Waals surface area contributed by atoms with E-state index < -0.39 is 5.91 Å². The monoisotopic (exact) mass is 429 g/mol. The number of carbonyl (C=O) groups is 1. The molecule has 0 aliphatic carbocycles. The smallest absolute Gasteiger partial charge is 0.267 e. The van der Waals surface area contributed by atoms with Crippen molar-refractivity contribution in [2.45, 2.75) is 6.54 Å². The van der Waals surface area contributed by atoms with Gasteiger partial charge in [-0.3, -0.25) is 29.7 Å². The normalized spacial score (nSPS) is 11.1. The van der Waals surface area contributed by atoms with Crippen LogP contribution in [0, 0.1) is 5.41 Å². The second-order valence-electron chi connectivity index (χ2n) is 6.72. The Kier molecular flexibility index (Phi) is 4.60. The molecule has 31 heavy (non-hydrogen) atoms. The van der Waals surface area contributed by atoms with Crippen LogP contribution in [-0.2, 0) is 6.54 Å². The van der Waals surface area contributed by atoms with E-state index in [0.717, 1.165) is 5.56 Å². The van der Waals surface area contributed by atoms with E-state index in [-0.39, 0.29) is 28.5 Å². The lowest BCUT2D eigenvalue weighted by Gasteiger charge is -2.14. The second-order valence-corrected chi connectivity index (χ2v) is 7.62. The van der Waals surface area contributed by atoms with Crippen LogP contribution in [0.2, 0.25) is 0 Å². The van der Waals surface area contributed by atoms with Crippen LogP contribution in [-0.4, -0.2) is 29.8 Å². The lowest BCUT2D eigenvalue weighted by molar-refractivity contribution is 0.102. The van der Waals surface area contributed by atoms with Gasteiger partial charge < -0.3 is 4.57 Å². The van der Waals surface area contributed by atoms with Gasteiger partial charge in [0.25, 0.3) is 11.5 Å². The summed E-state index contributed by atoms with van der Waals surface area (Å²) >= 11 is 1.27. The zero-order valence-electron chi connectivity index (χ0n) is 16.0. The zero-order valence-corrected chi connectivity index (χ0v) is 16.8. The molecule has 0 saturated heterocycles. The number of carbonyl (C=O) groups excluding carboxylic acids is 1. The summed E-state index contributed by atoms with van der Waals surface area (Å²) in [5.74, 6) is -0.511. The Morgan fingerprint density at radius 3 is 2.77 bits per heavy atom. The summed E-state index contributed by atoms with van der Waals surface area (Å²) in [7, 11) is 0. The Morgan fingerprint density at radius 1 is 1.16 bits per heavy atom. The van der Waals surface area contributed by atoms with Crippen molar-refractivity contribution in [2.75, 3.05) is 5.32 Å². The molecule has 0 radical (unpaired) electrons. The van der Waals surface area contributed by atoms with Crippen molar-refractivity contribution < 1.29 is 4.79 Å². The highest BCUT2D eigenvalue weighted by Crippen LogP contribution is 2.15. The Morgan fingerprint density at radius 2 is 2.00 bits per heavy atom. The van der Waals surface area contributed by atoms with Gasteiger partial charge in [-0.05, 0) is 35.9 Å².